The van der Waals surface area contributed by atoms with E-state index in [4.69, 9.17) is 0 Å². The Morgan fingerprint density at radius 2 is 2.05 bits per heavy atom. The van der Waals surface area contributed by atoms with Gasteiger partial charge < -0.3 is 5.32 Å². The minimum Gasteiger partial charge on any atom is -0.313 e. The summed E-state index contributed by atoms with van der Waals surface area (Å²) in [6.07, 6.45) is 1.18. The van der Waals surface area contributed by atoms with Gasteiger partial charge in [0.1, 0.15) is 0 Å². The van der Waals surface area contributed by atoms with E-state index in [9.17, 15) is 0 Å². The molecule has 0 unspecified atom stereocenters. The van der Waals surface area contributed by atoms with E-state index in [-0.39, 0.29) is 0 Å². The minimum absolute atomic E-state index is 0.905. The molecule has 0 bridgehead atoms. The summed E-state index contributed by atoms with van der Waals surface area (Å²) in [6.45, 7) is 8.14. The Morgan fingerprint density at radius 1 is 1.24 bits per heavy atom. The van der Waals surface area contributed by atoms with Crippen LogP contribution in [-0.4, -0.2) is 23.5 Å². The maximum atomic E-state index is 4.53. The first-order valence-electron chi connectivity index (χ1n) is 7.55. The van der Waals surface area contributed by atoms with Gasteiger partial charge in [-0.1, -0.05) is 31.2 Å². The van der Waals surface area contributed by atoms with Crippen molar-refractivity contribution in [3.8, 4) is 0 Å². The maximum absolute atomic E-state index is 4.53. The number of hydrogen-bond donors (Lipinski definition) is 1. The van der Waals surface area contributed by atoms with Gasteiger partial charge in [0, 0.05) is 25.0 Å². The van der Waals surface area contributed by atoms with Crippen LogP contribution in [0.2, 0.25) is 0 Å². The van der Waals surface area contributed by atoms with Gasteiger partial charge in [0.25, 0.3) is 0 Å². The van der Waals surface area contributed by atoms with E-state index < -0.39 is 0 Å². The molecular weight excluding hydrogens is 278 g/mol. The fourth-order valence-corrected chi connectivity index (χ4v) is 2.98. The summed E-state index contributed by atoms with van der Waals surface area (Å²) in [7, 11) is 2.15. The summed E-state index contributed by atoms with van der Waals surface area (Å²) in [6, 6.07) is 8.84. The molecule has 0 fully saturated rings. The van der Waals surface area contributed by atoms with Gasteiger partial charge in [-0.2, -0.15) is 0 Å². The lowest BCUT2D eigenvalue weighted by Crippen LogP contribution is -2.18. The standard InChI is InChI=1S/C17H25N3S/c1-4-8-18-10-15-6-5-7-16(9-15)11-20(3)12-17-13-21-14(2)19-17/h5-7,9,13,18H,4,8,10-12H2,1-3H3. The van der Waals surface area contributed by atoms with Gasteiger partial charge in [-0.15, -0.1) is 11.3 Å². The Bertz CT molecular complexity index is 550. The first-order valence-corrected chi connectivity index (χ1v) is 8.43. The van der Waals surface area contributed by atoms with Crippen LogP contribution in [0.1, 0.15) is 35.2 Å². The molecule has 1 N–H and O–H groups in total. The third-order valence-corrected chi connectivity index (χ3v) is 4.12. The van der Waals surface area contributed by atoms with Crippen molar-refractivity contribution in [2.45, 2.75) is 39.9 Å². The molecule has 0 aliphatic carbocycles. The largest absolute Gasteiger partial charge is 0.313 e. The first kappa shape index (κ1) is 16.1. The zero-order valence-electron chi connectivity index (χ0n) is 13.2. The monoisotopic (exact) mass is 303 g/mol. The second kappa shape index (κ2) is 8.27. The Morgan fingerprint density at radius 3 is 2.76 bits per heavy atom. The van der Waals surface area contributed by atoms with Crippen molar-refractivity contribution in [1.82, 2.24) is 15.2 Å². The van der Waals surface area contributed by atoms with Crippen LogP contribution in [0.25, 0.3) is 0 Å². The van der Waals surface area contributed by atoms with E-state index in [2.05, 4.69) is 65.7 Å². The Hall–Kier alpha value is -1.23. The molecule has 0 spiro atoms. The fraction of sp³-hybridized carbons (Fsp3) is 0.471. The van der Waals surface area contributed by atoms with Gasteiger partial charge in [0.15, 0.2) is 0 Å². The summed E-state index contributed by atoms with van der Waals surface area (Å²) < 4.78 is 0. The molecule has 0 aliphatic rings. The van der Waals surface area contributed by atoms with Gasteiger partial charge in [-0.3, -0.25) is 4.90 Å². The van der Waals surface area contributed by atoms with Crippen molar-refractivity contribution in [2.75, 3.05) is 13.6 Å². The number of hydrogen-bond acceptors (Lipinski definition) is 4. The average Bonchev–Trinajstić information content (AvgIpc) is 2.84. The van der Waals surface area contributed by atoms with Gasteiger partial charge in [0.2, 0.25) is 0 Å². The summed E-state index contributed by atoms with van der Waals surface area (Å²) in [5.41, 5.74) is 3.89. The highest BCUT2D eigenvalue weighted by Gasteiger charge is 2.05. The lowest BCUT2D eigenvalue weighted by atomic mass is 10.1. The molecule has 3 nitrogen and oxygen atoms in total. The number of aromatic nitrogens is 1. The summed E-state index contributed by atoms with van der Waals surface area (Å²) in [5.74, 6) is 0. The number of thiazole rings is 1. The molecule has 2 rings (SSSR count). The lowest BCUT2D eigenvalue weighted by Gasteiger charge is -2.16. The van der Waals surface area contributed by atoms with Crippen molar-refractivity contribution in [3.05, 3.63) is 51.5 Å². The number of nitrogens with one attached hydrogen (secondary N) is 1. The molecule has 114 valence electrons. The molecule has 0 atom stereocenters. The Kier molecular flexibility index (Phi) is 6.36. The van der Waals surface area contributed by atoms with E-state index >= 15 is 0 Å². The van der Waals surface area contributed by atoms with Crippen LogP contribution >= 0.6 is 11.3 Å². The van der Waals surface area contributed by atoms with Crippen molar-refractivity contribution in [2.24, 2.45) is 0 Å². The first-order chi connectivity index (χ1) is 10.2. The number of rotatable bonds is 8. The molecule has 1 aromatic heterocycles. The quantitative estimate of drug-likeness (QED) is 0.756. The smallest absolute Gasteiger partial charge is 0.0897 e. The van der Waals surface area contributed by atoms with Crippen LogP contribution in [0.15, 0.2) is 29.6 Å². The van der Waals surface area contributed by atoms with Gasteiger partial charge in [-0.05, 0) is 38.1 Å². The molecule has 2 aromatic rings. The average molecular weight is 303 g/mol. The molecular formula is C17H25N3S. The third kappa shape index (κ3) is 5.58. The Balaban J connectivity index is 1.88. The van der Waals surface area contributed by atoms with Crippen molar-refractivity contribution >= 4 is 11.3 Å². The molecule has 4 heteroatoms. The maximum Gasteiger partial charge on any atom is 0.0897 e. The van der Waals surface area contributed by atoms with Crippen molar-refractivity contribution in [1.29, 1.82) is 0 Å². The van der Waals surface area contributed by atoms with Crippen molar-refractivity contribution < 1.29 is 0 Å². The second-order valence-corrected chi connectivity index (χ2v) is 6.59. The molecule has 0 saturated carbocycles. The lowest BCUT2D eigenvalue weighted by molar-refractivity contribution is 0.315. The highest BCUT2D eigenvalue weighted by atomic mass is 32.1. The zero-order chi connectivity index (χ0) is 15.1. The van der Waals surface area contributed by atoms with Crippen LogP contribution in [0.5, 0.6) is 0 Å². The van der Waals surface area contributed by atoms with Crippen LogP contribution in [0.3, 0.4) is 0 Å². The SMILES string of the molecule is CCCNCc1cccc(CN(C)Cc2csc(C)n2)c1. The van der Waals surface area contributed by atoms with E-state index in [1.54, 1.807) is 11.3 Å². The second-order valence-electron chi connectivity index (χ2n) is 5.53. The fourth-order valence-electron chi connectivity index (χ4n) is 2.37. The predicted molar refractivity (Wildman–Crippen MR) is 90.5 cm³/mol. The molecule has 0 radical (unpaired) electrons. The molecule has 0 saturated heterocycles. The summed E-state index contributed by atoms with van der Waals surface area (Å²) >= 11 is 1.72. The van der Waals surface area contributed by atoms with E-state index in [0.717, 1.165) is 31.2 Å². The Labute approximate surface area is 132 Å². The van der Waals surface area contributed by atoms with E-state index in [1.807, 2.05) is 0 Å². The molecule has 21 heavy (non-hydrogen) atoms. The number of aryl methyl sites for hydroxylation is 1. The number of benzene rings is 1. The van der Waals surface area contributed by atoms with Gasteiger partial charge in [-0.25, -0.2) is 4.98 Å². The molecule has 1 heterocycles. The number of nitrogens with zero attached hydrogens (tertiary/aromatic N) is 2. The van der Waals surface area contributed by atoms with Crippen LogP contribution in [-0.2, 0) is 19.6 Å². The third-order valence-electron chi connectivity index (χ3n) is 3.30. The van der Waals surface area contributed by atoms with Crippen LogP contribution in [0, 0.1) is 6.92 Å². The minimum atomic E-state index is 0.905. The molecule has 1 aromatic carbocycles. The normalized spacial score (nSPS) is 11.2. The molecule has 0 amide bonds. The molecule has 0 aliphatic heterocycles. The topological polar surface area (TPSA) is 28.2 Å². The summed E-state index contributed by atoms with van der Waals surface area (Å²) in [4.78, 5) is 6.84. The highest BCUT2D eigenvalue weighted by Crippen LogP contribution is 2.12. The van der Waals surface area contributed by atoms with Gasteiger partial charge in [0.05, 0.1) is 10.7 Å². The van der Waals surface area contributed by atoms with Gasteiger partial charge >= 0.3 is 0 Å². The highest BCUT2D eigenvalue weighted by molar-refractivity contribution is 7.09. The zero-order valence-corrected chi connectivity index (χ0v) is 14.0. The predicted octanol–water partition coefficient (Wildman–Crippen LogP) is 3.58. The van der Waals surface area contributed by atoms with Crippen LogP contribution < -0.4 is 5.32 Å². The van der Waals surface area contributed by atoms with E-state index in [0.29, 0.717) is 0 Å². The van der Waals surface area contributed by atoms with Crippen molar-refractivity contribution in [3.63, 3.8) is 0 Å². The van der Waals surface area contributed by atoms with E-state index in [1.165, 1.54) is 23.2 Å². The van der Waals surface area contributed by atoms with Crippen LogP contribution in [0.4, 0.5) is 0 Å². The summed E-state index contributed by atoms with van der Waals surface area (Å²) in [5, 5.41) is 6.74.